The molecule has 4 heteroatoms. The van der Waals surface area contributed by atoms with Crippen molar-refractivity contribution >= 4 is 0 Å². The van der Waals surface area contributed by atoms with Crippen molar-refractivity contribution in [3.63, 3.8) is 0 Å². The van der Waals surface area contributed by atoms with Gasteiger partial charge in [0.1, 0.15) is 6.10 Å². The first kappa shape index (κ1) is 23.7. The largest absolute Gasteiger partial charge is 0.395 e. The van der Waals surface area contributed by atoms with E-state index in [-0.39, 0.29) is 12.0 Å². The van der Waals surface area contributed by atoms with Crippen LogP contribution in [-0.2, 0) is 0 Å². The number of hydrogen-bond donors (Lipinski definition) is 4. The number of hydrogen-bond acceptors (Lipinski definition) is 4. The molecule has 4 nitrogen and oxygen atoms in total. The van der Waals surface area contributed by atoms with Gasteiger partial charge < -0.3 is 20.4 Å². The summed E-state index contributed by atoms with van der Waals surface area (Å²) in [7, 11) is 0. The SMILES string of the molecule is C[C@H](CCCC(C)(C)O)[C@H]1CC[C@H]2[C@@H]3CC=C4[C@@H](O)[C@@H](O)CC[C@]4(CO)[C@H]3CC[C@]12C. The molecule has 0 spiro atoms. The number of rotatable bonds is 6. The van der Waals surface area contributed by atoms with Gasteiger partial charge >= 0.3 is 0 Å². The average molecular weight is 435 g/mol. The van der Waals surface area contributed by atoms with Crippen molar-refractivity contribution in [2.24, 2.45) is 40.4 Å². The maximum absolute atomic E-state index is 10.7. The van der Waals surface area contributed by atoms with Crippen molar-refractivity contribution in [3.8, 4) is 0 Å². The molecule has 4 aliphatic carbocycles. The van der Waals surface area contributed by atoms with E-state index in [4.69, 9.17) is 0 Å². The first-order chi connectivity index (χ1) is 14.5. The zero-order valence-corrected chi connectivity index (χ0v) is 20.2. The van der Waals surface area contributed by atoms with Crippen molar-refractivity contribution in [2.75, 3.05) is 6.61 Å². The highest BCUT2D eigenvalue weighted by Gasteiger charge is 2.61. The van der Waals surface area contributed by atoms with Crippen LogP contribution in [0.25, 0.3) is 0 Å². The smallest absolute Gasteiger partial charge is 0.101 e. The molecule has 0 aliphatic heterocycles. The Bertz CT molecular complexity index is 681. The van der Waals surface area contributed by atoms with Crippen LogP contribution < -0.4 is 0 Å². The first-order valence-electron chi connectivity index (χ1n) is 12.9. The number of aliphatic hydroxyl groups is 4. The molecule has 4 rings (SSSR count). The normalized spacial score (nSPS) is 46.0. The molecule has 0 heterocycles. The second-order valence-corrected chi connectivity index (χ2v) is 12.5. The molecule has 31 heavy (non-hydrogen) atoms. The Labute approximate surface area is 189 Å². The van der Waals surface area contributed by atoms with E-state index in [2.05, 4.69) is 19.9 Å². The van der Waals surface area contributed by atoms with Crippen LogP contribution in [0.1, 0.15) is 91.9 Å². The summed E-state index contributed by atoms with van der Waals surface area (Å²) in [6.45, 7) is 8.90. The molecule has 3 fully saturated rings. The summed E-state index contributed by atoms with van der Waals surface area (Å²) in [6, 6.07) is 0. The molecule has 3 saturated carbocycles. The Balaban J connectivity index is 1.52. The van der Waals surface area contributed by atoms with E-state index in [0.717, 1.165) is 43.6 Å². The third-order valence-electron chi connectivity index (χ3n) is 10.4. The summed E-state index contributed by atoms with van der Waals surface area (Å²) >= 11 is 0. The summed E-state index contributed by atoms with van der Waals surface area (Å²) in [5.74, 6) is 3.14. The third-order valence-corrected chi connectivity index (χ3v) is 10.4. The van der Waals surface area contributed by atoms with E-state index >= 15 is 0 Å². The maximum Gasteiger partial charge on any atom is 0.101 e. The zero-order valence-electron chi connectivity index (χ0n) is 20.2. The van der Waals surface area contributed by atoms with E-state index in [1.165, 1.54) is 25.7 Å². The van der Waals surface area contributed by atoms with Gasteiger partial charge in [0.15, 0.2) is 0 Å². The van der Waals surface area contributed by atoms with Crippen LogP contribution >= 0.6 is 0 Å². The summed E-state index contributed by atoms with van der Waals surface area (Å²) < 4.78 is 0. The lowest BCUT2D eigenvalue weighted by atomic mass is 9.46. The fourth-order valence-corrected chi connectivity index (χ4v) is 8.82. The maximum atomic E-state index is 10.7. The van der Waals surface area contributed by atoms with Gasteiger partial charge in [-0.3, -0.25) is 0 Å². The topological polar surface area (TPSA) is 80.9 Å². The molecular formula is C27H46O4. The minimum atomic E-state index is -0.803. The molecule has 0 unspecified atom stereocenters. The van der Waals surface area contributed by atoms with Crippen molar-refractivity contribution < 1.29 is 20.4 Å². The highest BCUT2D eigenvalue weighted by atomic mass is 16.3. The minimum absolute atomic E-state index is 0.101. The van der Waals surface area contributed by atoms with Crippen molar-refractivity contribution in [3.05, 3.63) is 11.6 Å². The molecule has 178 valence electrons. The number of aliphatic hydroxyl groups excluding tert-OH is 3. The van der Waals surface area contributed by atoms with E-state index < -0.39 is 17.8 Å². The van der Waals surface area contributed by atoms with Gasteiger partial charge in [0, 0.05) is 5.41 Å². The molecule has 0 radical (unpaired) electrons. The van der Waals surface area contributed by atoms with Crippen molar-refractivity contribution in [1.82, 2.24) is 0 Å². The van der Waals surface area contributed by atoms with E-state index in [1.807, 2.05) is 13.8 Å². The monoisotopic (exact) mass is 434 g/mol. The van der Waals surface area contributed by atoms with Crippen LogP contribution in [-0.4, -0.2) is 44.8 Å². The highest BCUT2D eigenvalue weighted by molar-refractivity contribution is 5.30. The summed E-state index contributed by atoms with van der Waals surface area (Å²) in [5, 5.41) is 41.6. The van der Waals surface area contributed by atoms with Crippen molar-refractivity contribution in [2.45, 2.75) is 110 Å². The first-order valence-corrected chi connectivity index (χ1v) is 12.9. The quantitative estimate of drug-likeness (QED) is 0.466. The van der Waals surface area contributed by atoms with Crippen LogP contribution in [0.5, 0.6) is 0 Å². The van der Waals surface area contributed by atoms with Gasteiger partial charge in [-0.1, -0.05) is 32.8 Å². The molecule has 4 N–H and O–H groups in total. The van der Waals surface area contributed by atoms with Crippen molar-refractivity contribution in [1.29, 1.82) is 0 Å². The number of fused-ring (bicyclic) bond motifs is 5. The Kier molecular flexibility index (Phi) is 6.44. The summed E-state index contributed by atoms with van der Waals surface area (Å²) in [4.78, 5) is 0. The lowest BCUT2D eigenvalue weighted by Crippen LogP contribution is -2.56. The lowest BCUT2D eigenvalue weighted by Gasteiger charge is -2.59. The molecule has 9 atom stereocenters. The summed E-state index contributed by atoms with van der Waals surface area (Å²) in [5.41, 5.74) is 0.416. The molecular weight excluding hydrogens is 388 g/mol. The highest BCUT2D eigenvalue weighted by Crippen LogP contribution is 2.67. The Hall–Kier alpha value is -0.420. The molecule has 0 bridgehead atoms. The lowest BCUT2D eigenvalue weighted by molar-refractivity contribution is -0.101. The second kappa shape index (κ2) is 8.42. The molecule has 0 aromatic carbocycles. The molecule has 0 aromatic rings. The minimum Gasteiger partial charge on any atom is -0.395 e. The van der Waals surface area contributed by atoms with Crippen LogP contribution in [0.2, 0.25) is 0 Å². The fourth-order valence-electron chi connectivity index (χ4n) is 8.82. The standard InChI is InChI=1S/C27H46O4/c1-17(6-5-13-25(2,3)31)19-9-10-20-18-7-8-22-24(30)23(29)12-15-27(22,16-28)21(18)11-14-26(19,20)4/h8,17-21,23-24,28-31H,5-7,9-16H2,1-4H3/t17-,18+,19-,20+,21+,23+,24-,26-,27+/m1/s1. The fraction of sp³-hybridized carbons (Fsp3) is 0.926. The predicted molar refractivity (Wildman–Crippen MR) is 123 cm³/mol. The van der Waals surface area contributed by atoms with Crippen LogP contribution in [0.3, 0.4) is 0 Å². The van der Waals surface area contributed by atoms with Crippen LogP contribution in [0.15, 0.2) is 11.6 Å². The van der Waals surface area contributed by atoms with Gasteiger partial charge in [0.2, 0.25) is 0 Å². The zero-order chi connectivity index (χ0) is 22.6. The van der Waals surface area contributed by atoms with Gasteiger partial charge in [-0.05, 0) is 106 Å². The molecule has 4 aliphatic rings. The Morgan fingerprint density at radius 1 is 1.10 bits per heavy atom. The molecule has 0 aromatic heterocycles. The average Bonchev–Trinajstić information content (AvgIpc) is 3.06. The number of allylic oxidation sites excluding steroid dienone is 1. The molecule has 0 saturated heterocycles. The molecule has 0 amide bonds. The predicted octanol–water partition coefficient (Wildman–Crippen LogP) is 4.45. The summed E-state index contributed by atoms with van der Waals surface area (Å²) in [6.07, 6.45) is 11.2. The Morgan fingerprint density at radius 2 is 1.84 bits per heavy atom. The van der Waals surface area contributed by atoms with E-state index in [0.29, 0.717) is 35.5 Å². The van der Waals surface area contributed by atoms with Gasteiger partial charge in [0.25, 0.3) is 0 Å². The second-order valence-electron chi connectivity index (χ2n) is 12.5. The van der Waals surface area contributed by atoms with E-state index in [9.17, 15) is 20.4 Å². The van der Waals surface area contributed by atoms with Gasteiger partial charge in [-0.15, -0.1) is 0 Å². The van der Waals surface area contributed by atoms with Gasteiger partial charge in [-0.25, -0.2) is 0 Å². The Morgan fingerprint density at radius 3 is 2.52 bits per heavy atom. The van der Waals surface area contributed by atoms with E-state index in [1.54, 1.807) is 0 Å². The third kappa shape index (κ3) is 3.94. The van der Waals surface area contributed by atoms with Crippen LogP contribution in [0, 0.1) is 40.4 Å². The van der Waals surface area contributed by atoms with Crippen LogP contribution in [0.4, 0.5) is 0 Å². The van der Waals surface area contributed by atoms with Gasteiger partial charge in [-0.2, -0.15) is 0 Å². The van der Waals surface area contributed by atoms with Gasteiger partial charge in [0.05, 0.1) is 18.3 Å².